The van der Waals surface area contributed by atoms with Gasteiger partial charge in [-0.05, 0) is 31.4 Å². The number of aromatic nitrogens is 1. The summed E-state index contributed by atoms with van der Waals surface area (Å²) in [4.78, 5) is 6.84. The Morgan fingerprint density at radius 3 is 2.33 bits per heavy atom. The maximum atomic E-state index is 12.5. The molecule has 2 fully saturated rings. The summed E-state index contributed by atoms with van der Waals surface area (Å²) in [7, 11) is -3.44. The van der Waals surface area contributed by atoms with Crippen LogP contribution < -0.4 is 4.90 Å². The van der Waals surface area contributed by atoms with Crippen molar-refractivity contribution in [2.24, 2.45) is 0 Å². The number of anilines is 1. The van der Waals surface area contributed by atoms with Crippen LogP contribution in [0.2, 0.25) is 0 Å². The smallest absolute Gasteiger partial charge is 0.244 e. The number of piperidine rings is 1. The molecule has 0 unspecified atom stereocenters. The number of morpholine rings is 1. The first-order valence-corrected chi connectivity index (χ1v) is 8.91. The first kappa shape index (κ1) is 14.7. The number of pyridine rings is 1. The topological polar surface area (TPSA) is 62.7 Å². The summed E-state index contributed by atoms with van der Waals surface area (Å²) >= 11 is 0. The minimum absolute atomic E-state index is 0.269. The molecule has 0 atom stereocenters. The van der Waals surface area contributed by atoms with E-state index in [2.05, 4.69) is 9.88 Å². The Morgan fingerprint density at radius 2 is 1.71 bits per heavy atom. The standard InChI is InChI=1S/C14H21N3O3S/c18-21(19,17-8-10-20-11-9-17)13-4-5-14(15-12-13)16-6-2-1-3-7-16/h4-5,12H,1-3,6-11H2. The van der Waals surface area contributed by atoms with Crippen molar-refractivity contribution in [1.82, 2.24) is 9.29 Å². The van der Waals surface area contributed by atoms with Crippen molar-refractivity contribution in [1.29, 1.82) is 0 Å². The Hall–Kier alpha value is -1.18. The van der Waals surface area contributed by atoms with Gasteiger partial charge in [0.25, 0.3) is 0 Å². The van der Waals surface area contributed by atoms with Gasteiger partial charge in [0.05, 0.1) is 13.2 Å². The van der Waals surface area contributed by atoms with Crippen LogP contribution in [0.4, 0.5) is 5.82 Å². The van der Waals surface area contributed by atoms with Crippen molar-refractivity contribution in [3.05, 3.63) is 18.3 Å². The second-order valence-electron chi connectivity index (χ2n) is 5.42. The molecule has 0 radical (unpaired) electrons. The first-order valence-electron chi connectivity index (χ1n) is 7.47. The fourth-order valence-corrected chi connectivity index (χ4v) is 4.13. The fraction of sp³-hybridized carbons (Fsp3) is 0.643. The average Bonchev–Trinajstić information content (AvgIpc) is 2.57. The molecule has 0 saturated carbocycles. The van der Waals surface area contributed by atoms with Gasteiger partial charge in [0, 0.05) is 32.4 Å². The molecular weight excluding hydrogens is 290 g/mol. The van der Waals surface area contributed by atoms with Crippen LogP contribution in [-0.2, 0) is 14.8 Å². The molecule has 3 rings (SSSR count). The molecule has 1 aromatic heterocycles. The Morgan fingerprint density at radius 1 is 1.00 bits per heavy atom. The summed E-state index contributed by atoms with van der Waals surface area (Å²) in [6.45, 7) is 3.74. The normalized spacial score (nSPS) is 21.4. The number of hydrogen-bond acceptors (Lipinski definition) is 5. The molecule has 2 aliphatic heterocycles. The van der Waals surface area contributed by atoms with E-state index >= 15 is 0 Å². The van der Waals surface area contributed by atoms with E-state index in [1.54, 1.807) is 6.07 Å². The van der Waals surface area contributed by atoms with E-state index in [-0.39, 0.29) is 4.90 Å². The Bertz CT molecular complexity index is 562. The third-order valence-electron chi connectivity index (χ3n) is 4.01. The molecule has 0 aliphatic carbocycles. The zero-order valence-electron chi connectivity index (χ0n) is 12.1. The summed E-state index contributed by atoms with van der Waals surface area (Å²) in [6.07, 6.45) is 5.10. The molecule has 116 valence electrons. The molecule has 0 bridgehead atoms. The molecule has 3 heterocycles. The van der Waals surface area contributed by atoms with Crippen LogP contribution in [0.3, 0.4) is 0 Å². The fourth-order valence-electron chi connectivity index (χ4n) is 2.77. The van der Waals surface area contributed by atoms with Gasteiger partial charge in [-0.3, -0.25) is 0 Å². The van der Waals surface area contributed by atoms with Crippen molar-refractivity contribution in [3.63, 3.8) is 0 Å². The molecule has 6 nitrogen and oxygen atoms in total. The van der Waals surface area contributed by atoms with Gasteiger partial charge in [-0.1, -0.05) is 0 Å². The summed E-state index contributed by atoms with van der Waals surface area (Å²) in [5.41, 5.74) is 0. The third-order valence-corrected chi connectivity index (χ3v) is 5.89. The Kier molecular flexibility index (Phi) is 4.42. The highest BCUT2D eigenvalue weighted by Crippen LogP contribution is 2.21. The molecule has 1 aromatic rings. The van der Waals surface area contributed by atoms with Crippen LogP contribution >= 0.6 is 0 Å². The third kappa shape index (κ3) is 3.20. The minimum atomic E-state index is -3.44. The zero-order valence-corrected chi connectivity index (χ0v) is 12.9. The minimum Gasteiger partial charge on any atom is -0.379 e. The Labute approximate surface area is 125 Å². The molecule has 0 N–H and O–H groups in total. The quantitative estimate of drug-likeness (QED) is 0.836. The highest BCUT2D eigenvalue weighted by atomic mass is 32.2. The molecule has 0 aromatic carbocycles. The summed E-state index contributed by atoms with van der Waals surface area (Å²) in [5, 5.41) is 0. The van der Waals surface area contributed by atoms with Gasteiger partial charge in [0.2, 0.25) is 10.0 Å². The zero-order chi connectivity index (χ0) is 14.7. The molecular formula is C14H21N3O3S. The maximum absolute atomic E-state index is 12.5. The number of ether oxygens (including phenoxy) is 1. The van der Waals surface area contributed by atoms with E-state index < -0.39 is 10.0 Å². The molecule has 0 spiro atoms. The van der Waals surface area contributed by atoms with Crippen molar-refractivity contribution in [2.45, 2.75) is 24.2 Å². The lowest BCUT2D eigenvalue weighted by molar-refractivity contribution is 0.0730. The van der Waals surface area contributed by atoms with Crippen molar-refractivity contribution in [2.75, 3.05) is 44.3 Å². The van der Waals surface area contributed by atoms with Gasteiger partial charge >= 0.3 is 0 Å². The van der Waals surface area contributed by atoms with E-state index in [1.165, 1.54) is 29.8 Å². The second kappa shape index (κ2) is 6.29. The van der Waals surface area contributed by atoms with Crippen LogP contribution in [0, 0.1) is 0 Å². The van der Waals surface area contributed by atoms with Crippen molar-refractivity contribution in [3.8, 4) is 0 Å². The maximum Gasteiger partial charge on any atom is 0.244 e. The molecule has 7 heteroatoms. The van der Waals surface area contributed by atoms with Crippen LogP contribution in [0.25, 0.3) is 0 Å². The highest BCUT2D eigenvalue weighted by Gasteiger charge is 2.26. The lowest BCUT2D eigenvalue weighted by atomic mass is 10.1. The number of hydrogen-bond donors (Lipinski definition) is 0. The van der Waals surface area contributed by atoms with Crippen molar-refractivity contribution >= 4 is 15.8 Å². The van der Waals surface area contributed by atoms with Crippen LogP contribution in [-0.4, -0.2) is 57.1 Å². The molecule has 2 saturated heterocycles. The predicted octanol–water partition coefficient (Wildman–Crippen LogP) is 1.09. The lowest BCUT2D eigenvalue weighted by Gasteiger charge is -2.28. The number of sulfonamides is 1. The molecule has 2 aliphatic rings. The van der Waals surface area contributed by atoms with E-state index in [0.717, 1.165) is 18.9 Å². The van der Waals surface area contributed by atoms with E-state index in [4.69, 9.17) is 4.74 Å². The molecule has 21 heavy (non-hydrogen) atoms. The van der Waals surface area contributed by atoms with Crippen LogP contribution in [0.5, 0.6) is 0 Å². The van der Waals surface area contributed by atoms with Gasteiger partial charge < -0.3 is 9.64 Å². The summed E-state index contributed by atoms with van der Waals surface area (Å²) < 4.78 is 31.7. The average molecular weight is 311 g/mol. The van der Waals surface area contributed by atoms with Gasteiger partial charge in [-0.2, -0.15) is 4.31 Å². The Balaban J connectivity index is 1.76. The van der Waals surface area contributed by atoms with Gasteiger partial charge in [-0.25, -0.2) is 13.4 Å². The molecule has 0 amide bonds. The lowest BCUT2D eigenvalue weighted by Crippen LogP contribution is -2.40. The highest BCUT2D eigenvalue weighted by molar-refractivity contribution is 7.89. The SMILES string of the molecule is O=S(=O)(c1ccc(N2CCCCC2)nc1)N1CCOCC1. The predicted molar refractivity (Wildman–Crippen MR) is 79.9 cm³/mol. The first-order chi connectivity index (χ1) is 10.2. The monoisotopic (exact) mass is 311 g/mol. The van der Waals surface area contributed by atoms with Gasteiger partial charge in [0.1, 0.15) is 10.7 Å². The van der Waals surface area contributed by atoms with Crippen LogP contribution in [0.1, 0.15) is 19.3 Å². The van der Waals surface area contributed by atoms with E-state index in [1.807, 2.05) is 6.07 Å². The van der Waals surface area contributed by atoms with Crippen molar-refractivity contribution < 1.29 is 13.2 Å². The van der Waals surface area contributed by atoms with Gasteiger partial charge in [0.15, 0.2) is 0 Å². The number of rotatable bonds is 3. The second-order valence-corrected chi connectivity index (χ2v) is 7.35. The largest absolute Gasteiger partial charge is 0.379 e. The number of nitrogens with zero attached hydrogens (tertiary/aromatic N) is 3. The summed E-state index contributed by atoms with van der Waals surface area (Å²) in [6, 6.07) is 3.49. The van der Waals surface area contributed by atoms with E-state index in [9.17, 15) is 8.42 Å². The van der Waals surface area contributed by atoms with Crippen LogP contribution in [0.15, 0.2) is 23.2 Å². The van der Waals surface area contributed by atoms with E-state index in [0.29, 0.717) is 26.3 Å². The summed E-state index contributed by atoms with van der Waals surface area (Å²) in [5.74, 6) is 0.871. The van der Waals surface area contributed by atoms with Gasteiger partial charge in [-0.15, -0.1) is 0 Å².